The van der Waals surface area contributed by atoms with Crippen molar-refractivity contribution in [3.05, 3.63) is 108 Å². The minimum Gasteiger partial charge on any atom is -0.338 e. The van der Waals surface area contributed by atoms with Crippen LogP contribution in [0.25, 0.3) is 5.69 Å². The first-order chi connectivity index (χ1) is 16.2. The van der Waals surface area contributed by atoms with Crippen LogP contribution in [0.1, 0.15) is 46.1 Å². The highest BCUT2D eigenvalue weighted by Gasteiger charge is 2.26. The zero-order valence-corrected chi connectivity index (χ0v) is 18.1. The largest absolute Gasteiger partial charge is 0.338 e. The zero-order chi connectivity index (χ0) is 22.6. The van der Waals surface area contributed by atoms with Gasteiger partial charge >= 0.3 is 0 Å². The Morgan fingerprint density at radius 1 is 1.00 bits per heavy atom. The van der Waals surface area contributed by atoms with Crippen LogP contribution in [0, 0.1) is 5.82 Å². The maximum Gasteiger partial charge on any atom is 0.253 e. The van der Waals surface area contributed by atoms with E-state index in [0.29, 0.717) is 24.1 Å². The molecular weight excluding hydrogens is 417 g/mol. The number of benzene rings is 2. The molecule has 3 heterocycles. The molecule has 5 rings (SSSR count). The molecule has 0 N–H and O–H groups in total. The van der Waals surface area contributed by atoms with Crippen molar-refractivity contribution < 1.29 is 9.18 Å². The molecule has 6 nitrogen and oxygen atoms in total. The number of hydrogen-bond acceptors (Lipinski definition) is 4. The summed E-state index contributed by atoms with van der Waals surface area (Å²) in [5.74, 6) is -0.0470. The topological polar surface area (TPSA) is 63.9 Å². The standard InChI is InChI=1S/C26H24FN5O/c27-24-11-2-1-6-19(24)14-22-9-4-12-25(30-22)21-8-5-13-31(16-21)26(33)20-7-3-10-23(15-20)32-17-28-29-18-32/h1-4,6-7,9-12,15,17-18,21H,5,8,13-14,16H2/t21-/m0/s1. The van der Waals surface area contributed by atoms with E-state index in [2.05, 4.69) is 10.2 Å². The van der Waals surface area contributed by atoms with Crippen molar-refractivity contribution in [2.45, 2.75) is 25.2 Å². The van der Waals surface area contributed by atoms with Gasteiger partial charge in [-0.2, -0.15) is 0 Å². The summed E-state index contributed by atoms with van der Waals surface area (Å²) < 4.78 is 15.8. The van der Waals surface area contributed by atoms with Crippen LogP contribution in [0.2, 0.25) is 0 Å². The Balaban J connectivity index is 1.32. The predicted octanol–water partition coefficient (Wildman–Crippen LogP) is 4.41. The lowest BCUT2D eigenvalue weighted by molar-refractivity contribution is 0.0706. The summed E-state index contributed by atoms with van der Waals surface area (Å²) in [6.07, 6.45) is 5.56. The van der Waals surface area contributed by atoms with Gasteiger partial charge in [0.2, 0.25) is 0 Å². The Bertz CT molecular complexity index is 1260. The van der Waals surface area contributed by atoms with Gasteiger partial charge in [0.15, 0.2) is 0 Å². The van der Waals surface area contributed by atoms with Gasteiger partial charge in [-0.15, -0.1) is 10.2 Å². The van der Waals surface area contributed by atoms with Crippen molar-refractivity contribution in [1.82, 2.24) is 24.6 Å². The second kappa shape index (κ2) is 9.32. The summed E-state index contributed by atoms with van der Waals surface area (Å²) in [4.78, 5) is 20.0. The van der Waals surface area contributed by atoms with Crippen molar-refractivity contribution in [3.63, 3.8) is 0 Å². The molecule has 1 aliphatic rings. The molecule has 7 heteroatoms. The lowest BCUT2D eigenvalue weighted by atomic mass is 9.93. The van der Waals surface area contributed by atoms with Crippen LogP contribution in [0.15, 0.2) is 79.4 Å². The van der Waals surface area contributed by atoms with Crippen LogP contribution >= 0.6 is 0 Å². The fourth-order valence-corrected chi connectivity index (χ4v) is 4.38. The SMILES string of the molecule is O=C(c1cccc(-n2cnnc2)c1)N1CCC[C@H](c2cccc(Cc3ccccc3F)n2)C1. The Kier molecular flexibility index (Phi) is 5.93. The molecule has 1 amide bonds. The van der Waals surface area contributed by atoms with E-state index >= 15 is 0 Å². The van der Waals surface area contributed by atoms with Gasteiger partial charge in [-0.25, -0.2) is 4.39 Å². The Morgan fingerprint density at radius 2 is 1.82 bits per heavy atom. The molecule has 0 aliphatic carbocycles. The van der Waals surface area contributed by atoms with E-state index in [9.17, 15) is 9.18 Å². The Labute approximate surface area is 191 Å². The number of aromatic nitrogens is 4. The molecule has 1 saturated heterocycles. The minimum absolute atomic E-state index is 0.0112. The van der Waals surface area contributed by atoms with Gasteiger partial charge < -0.3 is 4.90 Å². The van der Waals surface area contributed by atoms with E-state index in [1.165, 1.54) is 6.07 Å². The van der Waals surface area contributed by atoms with Crippen molar-refractivity contribution in [2.24, 2.45) is 0 Å². The summed E-state index contributed by atoms with van der Waals surface area (Å²) in [5, 5.41) is 7.67. The molecule has 0 unspecified atom stereocenters. The van der Waals surface area contributed by atoms with Gasteiger partial charge in [-0.05, 0) is 54.8 Å². The lowest BCUT2D eigenvalue weighted by Gasteiger charge is -2.32. The number of rotatable bonds is 5. The fraction of sp³-hybridized carbons (Fsp3) is 0.231. The van der Waals surface area contributed by atoms with Crippen LogP contribution < -0.4 is 0 Å². The van der Waals surface area contributed by atoms with Crippen molar-refractivity contribution in [2.75, 3.05) is 13.1 Å². The molecule has 0 bridgehead atoms. The summed E-state index contributed by atoms with van der Waals surface area (Å²) >= 11 is 0. The van der Waals surface area contributed by atoms with E-state index in [0.717, 1.165) is 36.5 Å². The van der Waals surface area contributed by atoms with Gasteiger partial charge in [-0.3, -0.25) is 14.3 Å². The molecular formula is C26H24FN5O. The van der Waals surface area contributed by atoms with Crippen LogP contribution in [-0.2, 0) is 6.42 Å². The van der Waals surface area contributed by atoms with Gasteiger partial charge in [-0.1, -0.05) is 30.3 Å². The van der Waals surface area contributed by atoms with E-state index in [4.69, 9.17) is 4.98 Å². The molecule has 166 valence electrons. The van der Waals surface area contributed by atoms with Crippen LogP contribution in [0.3, 0.4) is 0 Å². The van der Waals surface area contributed by atoms with Crippen molar-refractivity contribution >= 4 is 5.91 Å². The number of carbonyl (C=O) groups excluding carboxylic acids is 1. The van der Waals surface area contributed by atoms with Gasteiger partial charge in [0.25, 0.3) is 5.91 Å². The number of carbonyl (C=O) groups is 1. The highest BCUT2D eigenvalue weighted by molar-refractivity contribution is 5.94. The molecule has 0 radical (unpaired) electrons. The molecule has 0 saturated carbocycles. The molecule has 1 atom stereocenters. The van der Waals surface area contributed by atoms with Gasteiger partial charge in [0, 0.05) is 48.1 Å². The monoisotopic (exact) mass is 441 g/mol. The number of amides is 1. The van der Waals surface area contributed by atoms with E-state index < -0.39 is 0 Å². The first-order valence-corrected chi connectivity index (χ1v) is 11.1. The zero-order valence-electron chi connectivity index (χ0n) is 18.1. The summed E-state index contributed by atoms with van der Waals surface area (Å²) in [6, 6.07) is 20.2. The van der Waals surface area contributed by atoms with Crippen LogP contribution in [0.4, 0.5) is 4.39 Å². The first-order valence-electron chi connectivity index (χ1n) is 11.1. The van der Waals surface area contributed by atoms with Crippen molar-refractivity contribution in [3.8, 4) is 5.69 Å². The van der Waals surface area contributed by atoms with Crippen LogP contribution in [0.5, 0.6) is 0 Å². The second-order valence-corrected chi connectivity index (χ2v) is 8.33. The third kappa shape index (κ3) is 4.67. The second-order valence-electron chi connectivity index (χ2n) is 8.33. The minimum atomic E-state index is -0.215. The smallest absolute Gasteiger partial charge is 0.253 e. The van der Waals surface area contributed by atoms with Crippen molar-refractivity contribution in [1.29, 1.82) is 0 Å². The number of nitrogens with zero attached hydrogens (tertiary/aromatic N) is 5. The molecule has 0 spiro atoms. The normalized spacial score (nSPS) is 16.0. The third-order valence-corrected chi connectivity index (χ3v) is 6.09. The Hall–Kier alpha value is -3.87. The predicted molar refractivity (Wildman–Crippen MR) is 123 cm³/mol. The lowest BCUT2D eigenvalue weighted by Crippen LogP contribution is -2.39. The summed E-state index contributed by atoms with van der Waals surface area (Å²) in [5.41, 5.74) is 3.92. The third-order valence-electron chi connectivity index (χ3n) is 6.09. The van der Waals surface area contributed by atoms with E-state index in [1.807, 2.05) is 53.4 Å². The van der Waals surface area contributed by atoms with E-state index in [-0.39, 0.29) is 17.6 Å². The molecule has 2 aromatic heterocycles. The molecule has 4 aromatic rings. The van der Waals surface area contributed by atoms with Crippen LogP contribution in [-0.4, -0.2) is 43.6 Å². The summed E-state index contributed by atoms with van der Waals surface area (Å²) in [7, 11) is 0. The molecule has 1 aliphatic heterocycles. The van der Waals surface area contributed by atoms with Gasteiger partial charge in [0.05, 0.1) is 0 Å². The molecule has 2 aromatic carbocycles. The quantitative estimate of drug-likeness (QED) is 0.460. The molecule has 33 heavy (non-hydrogen) atoms. The van der Waals surface area contributed by atoms with Gasteiger partial charge in [0.1, 0.15) is 18.5 Å². The number of likely N-dealkylation sites (tertiary alicyclic amines) is 1. The first kappa shape index (κ1) is 21.0. The Morgan fingerprint density at radius 3 is 2.67 bits per heavy atom. The maximum absolute atomic E-state index is 14.1. The summed E-state index contributed by atoms with van der Waals surface area (Å²) in [6.45, 7) is 1.34. The average molecular weight is 442 g/mol. The maximum atomic E-state index is 14.1. The number of piperidine rings is 1. The highest BCUT2D eigenvalue weighted by atomic mass is 19.1. The highest BCUT2D eigenvalue weighted by Crippen LogP contribution is 2.27. The van der Waals surface area contributed by atoms with E-state index in [1.54, 1.807) is 29.4 Å². The fourth-order valence-electron chi connectivity index (χ4n) is 4.38. The number of pyridine rings is 1. The number of hydrogen-bond donors (Lipinski definition) is 0. The molecule has 1 fully saturated rings. The number of halogens is 1. The average Bonchev–Trinajstić information content (AvgIpc) is 3.41.